The van der Waals surface area contributed by atoms with Crippen molar-refractivity contribution in [2.75, 3.05) is 7.05 Å². The number of hydrogen-bond donors (Lipinski definition) is 0. The molecule has 0 aliphatic rings. The first kappa shape index (κ1) is 10.7. The van der Waals surface area contributed by atoms with Crippen LogP contribution in [0.3, 0.4) is 0 Å². The number of rotatable bonds is 5. The van der Waals surface area contributed by atoms with E-state index in [0.717, 1.165) is 0 Å². The molecule has 0 aliphatic heterocycles. The largest absolute Gasteiger partial charge is 0.298 e. The first-order valence-electron chi connectivity index (χ1n) is 4.48. The second-order valence-electron chi connectivity index (χ2n) is 3.35. The van der Waals surface area contributed by atoms with E-state index >= 15 is 0 Å². The van der Waals surface area contributed by atoms with Crippen molar-refractivity contribution in [2.24, 2.45) is 0 Å². The highest BCUT2D eigenvalue weighted by atomic mass is 15.1. The molecule has 0 saturated heterocycles. The van der Waals surface area contributed by atoms with E-state index in [1.54, 1.807) is 0 Å². The van der Waals surface area contributed by atoms with Gasteiger partial charge in [0.2, 0.25) is 0 Å². The van der Waals surface area contributed by atoms with Crippen molar-refractivity contribution in [3.8, 4) is 0 Å². The van der Waals surface area contributed by atoms with Gasteiger partial charge in [-0.25, -0.2) is 0 Å². The lowest BCUT2D eigenvalue weighted by molar-refractivity contribution is 0.219. The first-order chi connectivity index (χ1) is 5.13. The van der Waals surface area contributed by atoms with Crippen molar-refractivity contribution < 1.29 is 0 Å². The van der Waals surface area contributed by atoms with E-state index in [1.165, 1.54) is 12.8 Å². The van der Waals surface area contributed by atoms with Gasteiger partial charge in [-0.2, -0.15) is 0 Å². The van der Waals surface area contributed by atoms with E-state index in [0.29, 0.717) is 12.1 Å². The summed E-state index contributed by atoms with van der Waals surface area (Å²) >= 11 is 0. The van der Waals surface area contributed by atoms with Crippen LogP contribution in [0.5, 0.6) is 0 Å². The molecule has 11 heavy (non-hydrogen) atoms. The fraction of sp³-hybridized carbons (Fsp3) is 0.800. The van der Waals surface area contributed by atoms with Crippen molar-refractivity contribution >= 4 is 0 Å². The van der Waals surface area contributed by atoms with Crippen LogP contribution in [-0.4, -0.2) is 24.0 Å². The van der Waals surface area contributed by atoms with Crippen molar-refractivity contribution in [3.63, 3.8) is 0 Å². The Morgan fingerprint density at radius 3 is 2.27 bits per heavy atom. The molecule has 0 aromatic heterocycles. The first-order valence-corrected chi connectivity index (χ1v) is 4.48. The molecule has 1 heteroatoms. The summed E-state index contributed by atoms with van der Waals surface area (Å²) in [5, 5.41) is 0. The van der Waals surface area contributed by atoms with Crippen molar-refractivity contribution in [2.45, 2.75) is 45.7 Å². The Kier molecular flexibility index (Phi) is 5.22. The third-order valence-electron chi connectivity index (χ3n) is 2.19. The minimum atomic E-state index is 0.556. The molecular formula is C10H21N. The summed E-state index contributed by atoms with van der Waals surface area (Å²) in [5.41, 5.74) is 0. The molecule has 0 fully saturated rings. The van der Waals surface area contributed by atoms with E-state index in [-0.39, 0.29) is 0 Å². The Labute approximate surface area is 71.1 Å². The van der Waals surface area contributed by atoms with E-state index in [2.05, 4.69) is 39.3 Å². The van der Waals surface area contributed by atoms with Gasteiger partial charge in [0.25, 0.3) is 0 Å². The Morgan fingerprint density at radius 2 is 2.00 bits per heavy atom. The zero-order valence-corrected chi connectivity index (χ0v) is 8.30. The lowest BCUT2D eigenvalue weighted by atomic mass is 10.1. The van der Waals surface area contributed by atoms with E-state index in [1.807, 2.05) is 6.08 Å². The Bertz CT molecular complexity index is 107. The lowest BCUT2D eigenvalue weighted by Gasteiger charge is -2.28. The summed E-state index contributed by atoms with van der Waals surface area (Å²) in [6, 6.07) is 1.17. The van der Waals surface area contributed by atoms with Gasteiger partial charge in [-0.1, -0.05) is 19.4 Å². The van der Waals surface area contributed by atoms with Gasteiger partial charge in [0.1, 0.15) is 0 Å². The van der Waals surface area contributed by atoms with Crippen LogP contribution >= 0.6 is 0 Å². The van der Waals surface area contributed by atoms with Crippen LogP contribution < -0.4 is 0 Å². The Balaban J connectivity index is 3.90. The Hall–Kier alpha value is -0.300. The molecule has 0 bridgehead atoms. The smallest absolute Gasteiger partial charge is 0.0275 e. The number of hydrogen-bond acceptors (Lipinski definition) is 1. The molecular weight excluding hydrogens is 134 g/mol. The molecule has 0 rings (SSSR count). The van der Waals surface area contributed by atoms with Gasteiger partial charge in [0, 0.05) is 12.1 Å². The van der Waals surface area contributed by atoms with Crippen molar-refractivity contribution in [1.82, 2.24) is 4.90 Å². The molecule has 0 radical (unpaired) electrons. The molecule has 0 aliphatic carbocycles. The molecule has 1 nitrogen and oxygen atoms in total. The van der Waals surface area contributed by atoms with Gasteiger partial charge in [-0.05, 0) is 27.3 Å². The zero-order chi connectivity index (χ0) is 8.85. The fourth-order valence-electron chi connectivity index (χ4n) is 1.17. The van der Waals surface area contributed by atoms with Crippen LogP contribution in [0.1, 0.15) is 33.6 Å². The lowest BCUT2D eigenvalue weighted by Crippen LogP contribution is -2.35. The molecule has 0 saturated carbocycles. The van der Waals surface area contributed by atoms with Gasteiger partial charge in [-0.3, -0.25) is 4.90 Å². The van der Waals surface area contributed by atoms with Crippen molar-refractivity contribution in [3.05, 3.63) is 12.7 Å². The second kappa shape index (κ2) is 5.36. The predicted molar refractivity (Wildman–Crippen MR) is 51.8 cm³/mol. The highest BCUT2D eigenvalue weighted by Crippen LogP contribution is 2.08. The quantitative estimate of drug-likeness (QED) is 0.552. The van der Waals surface area contributed by atoms with Gasteiger partial charge < -0.3 is 0 Å². The van der Waals surface area contributed by atoms with Gasteiger partial charge >= 0.3 is 0 Å². The molecule has 0 amide bonds. The average Bonchev–Trinajstić information content (AvgIpc) is 1.98. The van der Waals surface area contributed by atoms with E-state index in [4.69, 9.17) is 0 Å². The zero-order valence-electron chi connectivity index (χ0n) is 8.30. The van der Waals surface area contributed by atoms with E-state index in [9.17, 15) is 0 Å². The van der Waals surface area contributed by atoms with E-state index < -0.39 is 0 Å². The maximum Gasteiger partial charge on any atom is 0.0275 e. The summed E-state index contributed by atoms with van der Waals surface area (Å²) in [4.78, 5) is 2.36. The topological polar surface area (TPSA) is 3.24 Å². The maximum atomic E-state index is 3.84. The van der Waals surface area contributed by atoms with Crippen LogP contribution in [0, 0.1) is 0 Å². The molecule has 0 aromatic rings. The van der Waals surface area contributed by atoms with Gasteiger partial charge in [-0.15, -0.1) is 6.58 Å². The SMILES string of the molecule is C=CC(CCC)N(C)C(C)C. The van der Waals surface area contributed by atoms with Crippen LogP contribution in [0.25, 0.3) is 0 Å². The minimum Gasteiger partial charge on any atom is -0.298 e. The monoisotopic (exact) mass is 155 g/mol. The maximum absolute atomic E-state index is 3.84. The summed E-state index contributed by atoms with van der Waals surface area (Å²) in [7, 11) is 2.16. The van der Waals surface area contributed by atoms with Gasteiger partial charge in [0.05, 0.1) is 0 Å². The number of likely N-dealkylation sites (N-methyl/N-ethyl adjacent to an activating group) is 1. The van der Waals surface area contributed by atoms with Crippen molar-refractivity contribution in [1.29, 1.82) is 0 Å². The Morgan fingerprint density at radius 1 is 1.45 bits per heavy atom. The third-order valence-corrected chi connectivity index (χ3v) is 2.19. The van der Waals surface area contributed by atoms with Gasteiger partial charge in [0.15, 0.2) is 0 Å². The summed E-state index contributed by atoms with van der Waals surface area (Å²) < 4.78 is 0. The predicted octanol–water partition coefficient (Wildman–Crippen LogP) is 2.68. The summed E-state index contributed by atoms with van der Waals surface area (Å²) in [6.07, 6.45) is 4.50. The standard InChI is InChI=1S/C10H21N/c1-6-8-10(7-2)11(5)9(3)4/h7,9-10H,2,6,8H2,1,3-5H3. The summed E-state index contributed by atoms with van der Waals surface area (Å²) in [5.74, 6) is 0. The molecule has 0 N–H and O–H groups in total. The van der Waals surface area contributed by atoms with Crippen LogP contribution in [0.15, 0.2) is 12.7 Å². The molecule has 0 aromatic carbocycles. The molecule has 0 spiro atoms. The van der Waals surface area contributed by atoms with Crippen LogP contribution in [-0.2, 0) is 0 Å². The molecule has 1 unspecified atom stereocenters. The summed E-state index contributed by atoms with van der Waals surface area (Å²) in [6.45, 7) is 10.5. The second-order valence-corrected chi connectivity index (χ2v) is 3.35. The third kappa shape index (κ3) is 3.57. The minimum absolute atomic E-state index is 0.556. The fourth-order valence-corrected chi connectivity index (χ4v) is 1.17. The van der Waals surface area contributed by atoms with Crippen LogP contribution in [0.2, 0.25) is 0 Å². The highest BCUT2D eigenvalue weighted by Gasteiger charge is 2.11. The molecule has 0 heterocycles. The highest BCUT2D eigenvalue weighted by molar-refractivity contribution is 4.87. The van der Waals surface area contributed by atoms with Crippen LogP contribution in [0.4, 0.5) is 0 Å². The normalized spacial score (nSPS) is 14.0. The average molecular weight is 155 g/mol. The molecule has 1 atom stereocenters. The molecule has 66 valence electrons. The number of nitrogens with zero attached hydrogens (tertiary/aromatic N) is 1.